The van der Waals surface area contributed by atoms with E-state index in [-0.39, 0.29) is 10.4 Å². The van der Waals surface area contributed by atoms with Crippen molar-refractivity contribution in [2.75, 3.05) is 0 Å². The van der Waals surface area contributed by atoms with Gasteiger partial charge in [0.2, 0.25) is 0 Å². The Balaban J connectivity index is 2.00. The van der Waals surface area contributed by atoms with Gasteiger partial charge >= 0.3 is 0 Å². The third-order valence-electron chi connectivity index (χ3n) is 4.11. The number of nitrogens with one attached hydrogen (secondary N) is 1. The standard InChI is InChI=1S/C18H14N2O3S/c1-12-6-8-13(9-7-12)24(22,23)20-11-10-15-14-4-2-3-5-16(14)19-17(15)18(20)21/h2-11,19H,1H3. The third-order valence-corrected chi connectivity index (χ3v) is 5.79. The predicted molar refractivity (Wildman–Crippen MR) is 93.8 cm³/mol. The maximum Gasteiger partial charge on any atom is 0.288 e. The highest BCUT2D eigenvalue weighted by atomic mass is 32.2. The van der Waals surface area contributed by atoms with Gasteiger partial charge in [0.15, 0.2) is 0 Å². The van der Waals surface area contributed by atoms with Crippen LogP contribution in [0.25, 0.3) is 21.8 Å². The summed E-state index contributed by atoms with van der Waals surface area (Å²) in [5, 5.41) is 1.61. The van der Waals surface area contributed by atoms with E-state index < -0.39 is 15.6 Å². The predicted octanol–water partition coefficient (Wildman–Crippen LogP) is 3.03. The zero-order chi connectivity index (χ0) is 16.9. The monoisotopic (exact) mass is 338 g/mol. The van der Waals surface area contributed by atoms with Gasteiger partial charge in [-0.3, -0.25) is 4.79 Å². The smallest absolute Gasteiger partial charge is 0.288 e. The number of fused-ring (bicyclic) bond motifs is 3. The number of para-hydroxylation sites is 1. The van der Waals surface area contributed by atoms with Crippen LogP contribution in [0.3, 0.4) is 0 Å². The molecule has 0 unspecified atom stereocenters. The summed E-state index contributed by atoms with van der Waals surface area (Å²) in [6.45, 7) is 1.87. The molecule has 5 nitrogen and oxygen atoms in total. The molecule has 24 heavy (non-hydrogen) atoms. The molecule has 0 spiro atoms. The quantitative estimate of drug-likeness (QED) is 0.611. The Hall–Kier alpha value is -2.86. The molecule has 0 radical (unpaired) electrons. The van der Waals surface area contributed by atoms with Crippen LogP contribution >= 0.6 is 0 Å². The van der Waals surface area contributed by atoms with Crippen LogP contribution in [0.15, 0.2) is 70.5 Å². The highest BCUT2D eigenvalue weighted by molar-refractivity contribution is 7.90. The second kappa shape index (κ2) is 5.07. The number of nitrogens with zero attached hydrogens (tertiary/aromatic N) is 1. The van der Waals surface area contributed by atoms with E-state index in [4.69, 9.17) is 0 Å². The number of hydrogen-bond donors (Lipinski definition) is 1. The van der Waals surface area contributed by atoms with Crippen molar-refractivity contribution < 1.29 is 8.42 Å². The molecule has 0 aliphatic heterocycles. The molecule has 2 aromatic heterocycles. The van der Waals surface area contributed by atoms with Crippen molar-refractivity contribution in [2.24, 2.45) is 0 Å². The first-order valence-corrected chi connectivity index (χ1v) is 8.87. The van der Waals surface area contributed by atoms with Crippen molar-refractivity contribution in [2.45, 2.75) is 11.8 Å². The first-order chi connectivity index (χ1) is 11.5. The maximum atomic E-state index is 12.8. The Morgan fingerprint density at radius 3 is 2.38 bits per heavy atom. The number of aromatic amines is 1. The summed E-state index contributed by atoms with van der Waals surface area (Å²) in [5.74, 6) is 0. The average Bonchev–Trinajstić information content (AvgIpc) is 2.95. The van der Waals surface area contributed by atoms with Crippen molar-refractivity contribution in [3.8, 4) is 0 Å². The van der Waals surface area contributed by atoms with Crippen LogP contribution in [0.2, 0.25) is 0 Å². The Bertz CT molecular complexity index is 1230. The zero-order valence-electron chi connectivity index (χ0n) is 12.9. The number of hydrogen-bond acceptors (Lipinski definition) is 3. The molecule has 0 amide bonds. The largest absolute Gasteiger partial charge is 0.350 e. The maximum absolute atomic E-state index is 12.8. The number of pyridine rings is 1. The zero-order valence-corrected chi connectivity index (χ0v) is 13.7. The van der Waals surface area contributed by atoms with Crippen LogP contribution in [0.4, 0.5) is 0 Å². The number of aromatic nitrogens is 2. The summed E-state index contributed by atoms with van der Waals surface area (Å²) in [6, 6.07) is 15.6. The Morgan fingerprint density at radius 2 is 1.62 bits per heavy atom. The molecule has 1 N–H and O–H groups in total. The summed E-state index contributed by atoms with van der Waals surface area (Å²) >= 11 is 0. The minimum Gasteiger partial charge on any atom is -0.350 e. The van der Waals surface area contributed by atoms with E-state index in [0.29, 0.717) is 5.39 Å². The molecular weight excluding hydrogens is 324 g/mol. The van der Waals surface area contributed by atoms with Crippen LogP contribution in [-0.4, -0.2) is 17.4 Å². The van der Waals surface area contributed by atoms with Gasteiger partial charge in [0.05, 0.1) is 4.90 Å². The molecule has 0 saturated carbocycles. The highest BCUT2D eigenvalue weighted by Crippen LogP contribution is 2.23. The van der Waals surface area contributed by atoms with Crippen LogP contribution in [0, 0.1) is 6.92 Å². The van der Waals surface area contributed by atoms with E-state index >= 15 is 0 Å². The molecular formula is C18H14N2O3S. The summed E-state index contributed by atoms with van der Waals surface area (Å²) in [4.78, 5) is 15.8. The second-order valence-corrected chi connectivity index (χ2v) is 7.51. The van der Waals surface area contributed by atoms with Gasteiger partial charge in [-0.1, -0.05) is 35.9 Å². The van der Waals surface area contributed by atoms with Crippen LogP contribution in [0.1, 0.15) is 5.56 Å². The van der Waals surface area contributed by atoms with E-state index in [1.54, 1.807) is 18.2 Å². The van der Waals surface area contributed by atoms with Gasteiger partial charge in [0.1, 0.15) is 5.52 Å². The van der Waals surface area contributed by atoms with E-state index in [9.17, 15) is 13.2 Å². The lowest BCUT2D eigenvalue weighted by molar-refractivity contribution is 0.585. The molecule has 0 fully saturated rings. The lowest BCUT2D eigenvalue weighted by Crippen LogP contribution is -2.27. The lowest BCUT2D eigenvalue weighted by Gasteiger charge is -2.08. The van der Waals surface area contributed by atoms with Crippen molar-refractivity contribution in [3.63, 3.8) is 0 Å². The van der Waals surface area contributed by atoms with Crippen molar-refractivity contribution in [1.29, 1.82) is 0 Å². The van der Waals surface area contributed by atoms with E-state index in [2.05, 4.69) is 4.98 Å². The fourth-order valence-electron chi connectivity index (χ4n) is 2.84. The average molecular weight is 338 g/mol. The third kappa shape index (κ3) is 2.07. The van der Waals surface area contributed by atoms with Gasteiger partial charge < -0.3 is 4.98 Å². The number of benzene rings is 2. The molecule has 0 atom stereocenters. The van der Waals surface area contributed by atoms with E-state index in [1.165, 1.54) is 18.3 Å². The van der Waals surface area contributed by atoms with Crippen molar-refractivity contribution >= 4 is 31.8 Å². The fraction of sp³-hybridized carbons (Fsp3) is 0.0556. The lowest BCUT2D eigenvalue weighted by atomic mass is 10.2. The van der Waals surface area contributed by atoms with E-state index in [1.807, 2.05) is 31.2 Å². The number of rotatable bonds is 2. The first-order valence-electron chi connectivity index (χ1n) is 7.43. The highest BCUT2D eigenvalue weighted by Gasteiger charge is 2.20. The van der Waals surface area contributed by atoms with Crippen LogP contribution < -0.4 is 5.56 Å². The molecule has 2 aromatic carbocycles. The molecule has 4 aromatic rings. The molecule has 0 bridgehead atoms. The molecule has 0 aliphatic carbocycles. The first kappa shape index (κ1) is 14.7. The van der Waals surface area contributed by atoms with Gasteiger partial charge in [0, 0.05) is 22.5 Å². The van der Waals surface area contributed by atoms with Crippen molar-refractivity contribution in [1.82, 2.24) is 8.96 Å². The van der Waals surface area contributed by atoms with Crippen LogP contribution in [0.5, 0.6) is 0 Å². The molecule has 0 aliphatic rings. The molecule has 4 rings (SSSR count). The normalized spacial score (nSPS) is 12.0. The van der Waals surface area contributed by atoms with Gasteiger partial charge in [-0.15, -0.1) is 0 Å². The topological polar surface area (TPSA) is 71.9 Å². The van der Waals surface area contributed by atoms with Gasteiger partial charge in [-0.05, 0) is 31.2 Å². The van der Waals surface area contributed by atoms with Gasteiger partial charge in [0.25, 0.3) is 15.6 Å². The summed E-state index contributed by atoms with van der Waals surface area (Å²) < 4.78 is 26.3. The SMILES string of the molecule is Cc1ccc(S(=O)(=O)n2ccc3c([nH]c4ccccc43)c2=O)cc1. The Kier molecular flexibility index (Phi) is 3.11. The minimum absolute atomic E-state index is 0.0886. The Labute approximate surface area is 138 Å². The molecule has 6 heteroatoms. The van der Waals surface area contributed by atoms with Crippen molar-refractivity contribution in [3.05, 3.63) is 76.7 Å². The molecule has 120 valence electrons. The number of H-pyrrole nitrogens is 1. The van der Waals surface area contributed by atoms with Gasteiger partial charge in [-0.2, -0.15) is 0 Å². The minimum atomic E-state index is -3.93. The van der Waals surface area contributed by atoms with E-state index in [0.717, 1.165) is 20.4 Å². The number of aryl methyl sites for hydroxylation is 1. The molecule has 0 saturated heterocycles. The Morgan fingerprint density at radius 1 is 0.917 bits per heavy atom. The molecule has 2 heterocycles. The second-order valence-electron chi connectivity index (χ2n) is 5.69. The summed E-state index contributed by atoms with van der Waals surface area (Å²) in [6.07, 6.45) is 1.32. The van der Waals surface area contributed by atoms with Crippen LogP contribution in [-0.2, 0) is 10.0 Å². The van der Waals surface area contributed by atoms with Gasteiger partial charge in [-0.25, -0.2) is 12.4 Å². The fourth-order valence-corrected chi connectivity index (χ4v) is 4.08. The summed E-state index contributed by atoms with van der Waals surface area (Å²) in [5.41, 5.74) is 1.46. The summed E-state index contributed by atoms with van der Waals surface area (Å²) in [7, 11) is -3.93.